The third-order valence-electron chi connectivity index (χ3n) is 4.53. The second-order valence-corrected chi connectivity index (χ2v) is 9.27. The fraction of sp³-hybridized carbons (Fsp3) is 1.00. The molecule has 6 nitrogen and oxygen atoms in total. The minimum atomic E-state index is -3.47. The molecule has 0 aromatic heterocycles. The molecule has 3 fully saturated rings. The van der Waals surface area contributed by atoms with E-state index >= 15 is 0 Å². The van der Waals surface area contributed by atoms with Crippen LogP contribution in [-0.4, -0.2) is 42.6 Å². The van der Waals surface area contributed by atoms with E-state index in [1.807, 2.05) is 0 Å². The third kappa shape index (κ3) is 4.41. The van der Waals surface area contributed by atoms with E-state index in [1.165, 1.54) is 0 Å². The quantitative estimate of drug-likeness (QED) is 0.677. The number of hydrogen-bond donors (Lipinski definition) is 0. The van der Waals surface area contributed by atoms with Crippen molar-refractivity contribution in [1.29, 1.82) is 0 Å². The van der Waals surface area contributed by atoms with Gasteiger partial charge in [0.2, 0.25) is 0 Å². The first-order chi connectivity index (χ1) is 9.16. The lowest BCUT2D eigenvalue weighted by molar-refractivity contribution is -0.0226. The summed E-state index contributed by atoms with van der Waals surface area (Å²) in [5, 5.41) is 0. The molecule has 20 heavy (non-hydrogen) atoms. The zero-order valence-corrected chi connectivity index (χ0v) is 13.5. The van der Waals surface area contributed by atoms with Gasteiger partial charge in [-0.15, -0.1) is 0 Å². The normalized spacial score (nSPS) is 34.3. The Morgan fingerprint density at radius 1 is 0.750 bits per heavy atom. The van der Waals surface area contributed by atoms with E-state index in [9.17, 15) is 16.8 Å². The molecule has 2 atom stereocenters. The SMILES string of the molecule is CS(=O)(=O)OC[C@@H]1C2CCC(CC2)[C@@H]1COS(C)(=O)=O. The maximum atomic E-state index is 11.2. The van der Waals surface area contributed by atoms with Gasteiger partial charge in [-0.1, -0.05) is 0 Å². The Labute approximate surface area is 121 Å². The lowest BCUT2D eigenvalue weighted by Crippen LogP contribution is -2.44. The van der Waals surface area contributed by atoms with Crippen molar-refractivity contribution in [2.75, 3.05) is 25.7 Å². The largest absolute Gasteiger partial charge is 0.270 e. The van der Waals surface area contributed by atoms with Crippen molar-refractivity contribution in [3.8, 4) is 0 Å². The van der Waals surface area contributed by atoms with E-state index in [2.05, 4.69) is 0 Å². The summed E-state index contributed by atoms with van der Waals surface area (Å²) in [4.78, 5) is 0. The first-order valence-electron chi connectivity index (χ1n) is 6.84. The van der Waals surface area contributed by atoms with Crippen LogP contribution in [0.3, 0.4) is 0 Å². The Morgan fingerprint density at radius 2 is 1.05 bits per heavy atom. The smallest absolute Gasteiger partial charge is 0.264 e. The van der Waals surface area contributed by atoms with Gasteiger partial charge in [-0.2, -0.15) is 16.8 Å². The predicted octanol–water partition coefficient (Wildman–Crippen LogP) is 0.991. The predicted molar refractivity (Wildman–Crippen MR) is 74.0 cm³/mol. The summed E-state index contributed by atoms with van der Waals surface area (Å²) >= 11 is 0. The van der Waals surface area contributed by atoms with Crippen molar-refractivity contribution in [3.05, 3.63) is 0 Å². The lowest BCUT2D eigenvalue weighted by atomic mass is 9.59. The molecule has 0 saturated heterocycles. The second-order valence-electron chi connectivity index (χ2n) is 5.98. The van der Waals surface area contributed by atoms with Crippen LogP contribution in [0.5, 0.6) is 0 Å². The monoisotopic (exact) mass is 326 g/mol. The maximum Gasteiger partial charge on any atom is 0.264 e. The Hall–Kier alpha value is -0.180. The molecule has 3 aliphatic carbocycles. The molecule has 0 N–H and O–H groups in total. The highest BCUT2D eigenvalue weighted by atomic mass is 32.2. The topological polar surface area (TPSA) is 86.7 Å². The van der Waals surface area contributed by atoms with Gasteiger partial charge in [-0.05, 0) is 49.4 Å². The third-order valence-corrected chi connectivity index (χ3v) is 5.66. The number of rotatable bonds is 6. The summed E-state index contributed by atoms with van der Waals surface area (Å²) in [7, 11) is -6.93. The van der Waals surface area contributed by atoms with E-state index in [4.69, 9.17) is 8.37 Å². The first kappa shape index (κ1) is 16.2. The van der Waals surface area contributed by atoms with Gasteiger partial charge >= 0.3 is 0 Å². The molecule has 3 rings (SSSR count). The number of fused-ring (bicyclic) bond motifs is 3. The van der Waals surface area contributed by atoms with E-state index in [0.29, 0.717) is 11.8 Å². The van der Waals surface area contributed by atoms with Crippen molar-refractivity contribution in [3.63, 3.8) is 0 Å². The summed E-state index contributed by atoms with van der Waals surface area (Å²) in [6.45, 7) is 0.273. The number of hydrogen-bond acceptors (Lipinski definition) is 6. The average molecular weight is 326 g/mol. The fourth-order valence-electron chi connectivity index (χ4n) is 3.62. The minimum Gasteiger partial charge on any atom is -0.270 e. The highest BCUT2D eigenvalue weighted by Crippen LogP contribution is 2.49. The Kier molecular flexibility index (Phi) is 4.78. The van der Waals surface area contributed by atoms with Gasteiger partial charge < -0.3 is 0 Å². The summed E-state index contributed by atoms with van der Waals surface area (Å²) in [5.74, 6) is 0.961. The van der Waals surface area contributed by atoms with Crippen LogP contribution in [-0.2, 0) is 28.6 Å². The van der Waals surface area contributed by atoms with Crippen LogP contribution in [0.25, 0.3) is 0 Å². The van der Waals surface area contributed by atoms with Crippen molar-refractivity contribution in [2.45, 2.75) is 25.7 Å². The van der Waals surface area contributed by atoms with Crippen molar-refractivity contribution < 1.29 is 25.2 Å². The zero-order chi connectivity index (χ0) is 15.0. The van der Waals surface area contributed by atoms with Gasteiger partial charge in [0.25, 0.3) is 20.2 Å². The molecule has 0 aromatic rings. The minimum absolute atomic E-state index is 0.0685. The molecule has 0 radical (unpaired) electrons. The van der Waals surface area contributed by atoms with E-state index < -0.39 is 20.2 Å². The van der Waals surface area contributed by atoms with Gasteiger partial charge in [0.05, 0.1) is 25.7 Å². The van der Waals surface area contributed by atoms with Crippen LogP contribution >= 0.6 is 0 Å². The lowest BCUT2D eigenvalue weighted by Gasteiger charge is -2.48. The highest BCUT2D eigenvalue weighted by Gasteiger charge is 2.44. The van der Waals surface area contributed by atoms with Gasteiger partial charge in [0.15, 0.2) is 0 Å². The maximum absolute atomic E-state index is 11.2. The molecule has 2 bridgehead atoms. The molecule has 0 aromatic carbocycles. The summed E-state index contributed by atoms with van der Waals surface area (Å²) in [6.07, 6.45) is 6.34. The van der Waals surface area contributed by atoms with Crippen molar-refractivity contribution in [2.24, 2.45) is 23.7 Å². The van der Waals surface area contributed by atoms with Crippen molar-refractivity contribution in [1.82, 2.24) is 0 Å². The van der Waals surface area contributed by atoms with E-state index in [1.54, 1.807) is 0 Å². The molecule has 0 aliphatic heterocycles. The molecule has 3 saturated carbocycles. The van der Waals surface area contributed by atoms with Crippen LogP contribution < -0.4 is 0 Å². The standard InChI is InChI=1S/C12H22O6S2/c1-19(13,14)17-7-11-9-3-5-10(6-4-9)12(11)8-18-20(2,15)16/h9-12H,3-8H2,1-2H3/t9?,10?,11-,12+. The summed E-state index contributed by atoms with van der Waals surface area (Å²) in [6, 6.07) is 0. The van der Waals surface area contributed by atoms with Crippen LogP contribution in [0.1, 0.15) is 25.7 Å². The molecule has 8 heteroatoms. The van der Waals surface area contributed by atoms with Crippen LogP contribution in [0, 0.1) is 23.7 Å². The molecule has 0 amide bonds. The van der Waals surface area contributed by atoms with Crippen LogP contribution in [0.15, 0.2) is 0 Å². The average Bonchev–Trinajstić information content (AvgIpc) is 2.33. The molecular weight excluding hydrogens is 304 g/mol. The summed E-state index contributed by atoms with van der Waals surface area (Å²) < 4.78 is 54.5. The molecule has 3 aliphatic rings. The van der Waals surface area contributed by atoms with Crippen LogP contribution in [0.2, 0.25) is 0 Å². The highest BCUT2D eigenvalue weighted by molar-refractivity contribution is 7.86. The molecule has 0 unspecified atom stereocenters. The molecule has 0 heterocycles. The van der Waals surface area contributed by atoms with Crippen molar-refractivity contribution >= 4 is 20.2 Å². The second kappa shape index (κ2) is 5.90. The summed E-state index contributed by atoms with van der Waals surface area (Å²) in [5.41, 5.74) is 0. The van der Waals surface area contributed by atoms with Crippen LogP contribution in [0.4, 0.5) is 0 Å². The first-order valence-corrected chi connectivity index (χ1v) is 10.5. The molecular formula is C12H22O6S2. The zero-order valence-electron chi connectivity index (χ0n) is 11.8. The van der Waals surface area contributed by atoms with Gasteiger partial charge in [0, 0.05) is 0 Å². The Balaban J connectivity index is 2.04. The fourth-order valence-corrected chi connectivity index (χ4v) is 4.43. The van der Waals surface area contributed by atoms with Gasteiger partial charge in [0.1, 0.15) is 0 Å². The Bertz CT molecular complexity index is 480. The Morgan fingerprint density at radius 3 is 1.30 bits per heavy atom. The van der Waals surface area contributed by atoms with E-state index in [-0.39, 0.29) is 25.0 Å². The van der Waals surface area contributed by atoms with E-state index in [0.717, 1.165) is 38.2 Å². The van der Waals surface area contributed by atoms with Gasteiger partial charge in [-0.3, -0.25) is 8.37 Å². The van der Waals surface area contributed by atoms with Gasteiger partial charge in [-0.25, -0.2) is 0 Å². The molecule has 118 valence electrons. The molecule has 0 spiro atoms.